The van der Waals surface area contributed by atoms with Crippen molar-refractivity contribution in [3.63, 3.8) is 0 Å². The zero-order valence-electron chi connectivity index (χ0n) is 15.0. The van der Waals surface area contributed by atoms with E-state index in [9.17, 15) is 24.1 Å². The Labute approximate surface area is 161 Å². The predicted molar refractivity (Wildman–Crippen MR) is 90.2 cm³/mol. The molecular formula is C13H19F2N9O5. The normalized spacial score (nSPS) is 41.4. The van der Waals surface area contributed by atoms with Crippen molar-refractivity contribution in [3.05, 3.63) is 31.3 Å². The van der Waals surface area contributed by atoms with Crippen LogP contribution in [-0.2, 0) is 9.47 Å². The molecule has 0 radical (unpaired) electrons. The molecule has 29 heavy (non-hydrogen) atoms. The van der Waals surface area contributed by atoms with Crippen LogP contribution in [0.15, 0.2) is 15.3 Å². The van der Waals surface area contributed by atoms with Gasteiger partial charge >= 0.3 is 0 Å². The summed E-state index contributed by atoms with van der Waals surface area (Å²) in [6.45, 7) is 0.751. The lowest BCUT2D eigenvalue weighted by molar-refractivity contribution is -0.327. The molecule has 160 valence electrons. The Morgan fingerprint density at radius 1 is 1.10 bits per heavy atom. The fourth-order valence-electron chi connectivity index (χ4n) is 3.43. The summed E-state index contributed by atoms with van der Waals surface area (Å²) < 4.78 is 39.3. The number of ether oxygens (including phenoxy) is 2. The number of aliphatic hydroxyl groups excluding tert-OH is 3. The summed E-state index contributed by atoms with van der Waals surface area (Å²) >= 11 is 0. The smallest absolute Gasteiger partial charge is 0.299 e. The van der Waals surface area contributed by atoms with Crippen LogP contribution in [0.25, 0.3) is 31.3 Å². The molecule has 14 nitrogen and oxygen atoms in total. The van der Waals surface area contributed by atoms with Gasteiger partial charge in [-0.25, -0.2) is 8.78 Å². The maximum Gasteiger partial charge on any atom is 0.299 e. The first kappa shape index (κ1) is 22.9. The van der Waals surface area contributed by atoms with Gasteiger partial charge in [-0.05, 0) is 28.9 Å². The molecule has 2 fully saturated rings. The number of hydrogen-bond donors (Lipinski definition) is 3. The van der Waals surface area contributed by atoms with Gasteiger partial charge in [-0.1, -0.05) is 22.3 Å². The Morgan fingerprint density at radius 3 is 2.34 bits per heavy atom. The van der Waals surface area contributed by atoms with Crippen molar-refractivity contribution in [2.75, 3.05) is 6.54 Å². The average molecular weight is 419 g/mol. The second-order valence-electron chi connectivity index (χ2n) is 6.79. The highest BCUT2D eigenvalue weighted by molar-refractivity contribution is 5.02. The van der Waals surface area contributed by atoms with Crippen molar-refractivity contribution >= 4 is 0 Å². The summed E-state index contributed by atoms with van der Waals surface area (Å²) in [4.78, 5) is 7.39. The van der Waals surface area contributed by atoms with Gasteiger partial charge in [0, 0.05) is 14.7 Å². The van der Waals surface area contributed by atoms with E-state index in [0.717, 1.165) is 0 Å². The summed E-state index contributed by atoms with van der Waals surface area (Å²) in [6, 6.07) is -2.82. The van der Waals surface area contributed by atoms with E-state index in [1.54, 1.807) is 6.92 Å². The molecule has 1 aliphatic carbocycles. The summed E-state index contributed by atoms with van der Waals surface area (Å²) in [7, 11) is 0. The third-order valence-corrected chi connectivity index (χ3v) is 4.97. The van der Waals surface area contributed by atoms with Crippen molar-refractivity contribution in [1.82, 2.24) is 0 Å². The van der Waals surface area contributed by atoms with Gasteiger partial charge in [0.05, 0.1) is 24.8 Å². The van der Waals surface area contributed by atoms with Gasteiger partial charge in [0.2, 0.25) is 0 Å². The highest BCUT2D eigenvalue weighted by atomic mass is 19.3. The van der Waals surface area contributed by atoms with Crippen molar-refractivity contribution in [1.29, 1.82) is 0 Å². The van der Waals surface area contributed by atoms with Crippen molar-refractivity contribution in [2.24, 2.45) is 21.3 Å². The van der Waals surface area contributed by atoms with Crippen LogP contribution in [0.1, 0.15) is 13.3 Å². The Kier molecular flexibility index (Phi) is 7.41. The molecule has 1 saturated carbocycles. The van der Waals surface area contributed by atoms with Crippen LogP contribution in [0, 0.1) is 5.92 Å². The van der Waals surface area contributed by atoms with Crippen molar-refractivity contribution in [2.45, 2.75) is 68.2 Å². The molecule has 1 aliphatic heterocycles. The highest BCUT2D eigenvalue weighted by Gasteiger charge is 2.58. The molecule has 1 saturated heterocycles. The number of alkyl halides is 2. The first-order chi connectivity index (χ1) is 13.7. The van der Waals surface area contributed by atoms with Gasteiger partial charge in [0.25, 0.3) is 5.92 Å². The zero-order valence-corrected chi connectivity index (χ0v) is 15.0. The van der Waals surface area contributed by atoms with E-state index < -0.39 is 67.3 Å². The second-order valence-corrected chi connectivity index (χ2v) is 6.79. The van der Waals surface area contributed by atoms with E-state index in [2.05, 4.69) is 30.1 Å². The van der Waals surface area contributed by atoms with Crippen LogP contribution in [0.3, 0.4) is 0 Å². The minimum Gasteiger partial charge on any atom is -0.390 e. The number of rotatable bonds is 6. The zero-order chi connectivity index (χ0) is 21.8. The lowest BCUT2D eigenvalue weighted by atomic mass is 9.80. The fourth-order valence-corrected chi connectivity index (χ4v) is 3.43. The molecule has 0 aromatic carbocycles. The van der Waals surface area contributed by atoms with Crippen molar-refractivity contribution in [3.8, 4) is 0 Å². The van der Waals surface area contributed by atoms with Crippen LogP contribution < -0.4 is 0 Å². The highest BCUT2D eigenvalue weighted by Crippen LogP contribution is 2.39. The molecule has 1 heterocycles. The van der Waals surface area contributed by atoms with Crippen LogP contribution >= 0.6 is 0 Å². The fraction of sp³-hybridized carbons (Fsp3) is 1.00. The molecule has 16 heteroatoms. The Hall–Kier alpha value is -2.41. The largest absolute Gasteiger partial charge is 0.390 e. The summed E-state index contributed by atoms with van der Waals surface area (Å²) in [6.07, 6.45) is -10.5. The molecule has 2 aliphatic rings. The Balaban J connectivity index is 2.28. The van der Waals surface area contributed by atoms with Gasteiger partial charge in [-0.3, -0.25) is 0 Å². The predicted octanol–water partition coefficient (Wildman–Crippen LogP) is 1.52. The molecule has 0 spiro atoms. The molecule has 2 unspecified atom stereocenters. The molecule has 3 N–H and O–H groups in total. The summed E-state index contributed by atoms with van der Waals surface area (Å²) in [5.74, 6) is -4.45. The molecule has 0 bridgehead atoms. The lowest BCUT2D eigenvalue weighted by Crippen LogP contribution is -2.64. The summed E-state index contributed by atoms with van der Waals surface area (Å²) in [5, 5.41) is 40.0. The molecular weight excluding hydrogens is 400 g/mol. The van der Waals surface area contributed by atoms with Gasteiger partial charge in [0.15, 0.2) is 6.29 Å². The van der Waals surface area contributed by atoms with E-state index in [1.807, 2.05) is 0 Å². The molecule has 0 aromatic rings. The molecule has 2 rings (SSSR count). The molecule has 0 amide bonds. The van der Waals surface area contributed by atoms with Gasteiger partial charge in [0.1, 0.15) is 24.4 Å². The standard InChI is InChI=1S/C13H19F2N9O5/c1-4-2-5(20-23-17)8(25)9(26)10(4)29-12-7(21-24-18)11(27)13(14,15)6(28-12)3-19-22-16/h4-12,25-27H,2-3H2,1H3/t4-,5?,6+,7?,8-,9+,10+,11+,12+/m0/s1. The third kappa shape index (κ3) is 4.61. The molecule has 9 atom stereocenters. The first-order valence-corrected chi connectivity index (χ1v) is 8.51. The minimum atomic E-state index is -3.92. The van der Waals surface area contributed by atoms with Crippen LogP contribution in [0.4, 0.5) is 8.78 Å². The Bertz CT molecular complexity index is 736. The number of nitrogens with zero attached hydrogens (tertiary/aromatic N) is 9. The van der Waals surface area contributed by atoms with Crippen LogP contribution in [0.5, 0.6) is 0 Å². The monoisotopic (exact) mass is 419 g/mol. The Morgan fingerprint density at radius 2 is 1.76 bits per heavy atom. The van der Waals surface area contributed by atoms with Gasteiger partial charge in [-0.2, -0.15) is 0 Å². The third-order valence-electron chi connectivity index (χ3n) is 4.97. The molecule has 0 aromatic heterocycles. The number of hydrogen-bond acceptors (Lipinski definition) is 8. The lowest BCUT2D eigenvalue weighted by Gasteiger charge is -2.46. The van der Waals surface area contributed by atoms with Gasteiger partial charge < -0.3 is 24.8 Å². The number of aliphatic hydroxyl groups is 3. The topological polar surface area (TPSA) is 225 Å². The van der Waals surface area contributed by atoms with E-state index in [4.69, 9.17) is 26.1 Å². The number of azide groups is 3. The minimum absolute atomic E-state index is 0.104. The SMILES string of the molecule is C[C@H]1CC(N=[N+]=[N-])[C@H](O)[C@@H](O)[C@@H]1O[C@H]1O[C@H](CN=[N+]=[N-])C(F)(F)[C@H](O)C1N=[N+]=[N-]. The maximum atomic E-state index is 14.3. The van der Waals surface area contributed by atoms with Gasteiger partial charge in [-0.15, -0.1) is 0 Å². The van der Waals surface area contributed by atoms with Crippen LogP contribution in [-0.4, -0.2) is 76.7 Å². The van der Waals surface area contributed by atoms with E-state index in [0.29, 0.717) is 0 Å². The van der Waals surface area contributed by atoms with Crippen LogP contribution in [0.2, 0.25) is 0 Å². The first-order valence-electron chi connectivity index (χ1n) is 8.51. The van der Waals surface area contributed by atoms with E-state index in [-0.39, 0.29) is 6.42 Å². The maximum absolute atomic E-state index is 14.3. The average Bonchev–Trinajstić information content (AvgIpc) is 2.67. The quantitative estimate of drug-likeness (QED) is 0.329. The summed E-state index contributed by atoms with van der Waals surface area (Å²) in [5.41, 5.74) is 25.6. The van der Waals surface area contributed by atoms with Crippen molar-refractivity contribution < 1.29 is 33.6 Å². The number of halogens is 2. The van der Waals surface area contributed by atoms with E-state index >= 15 is 0 Å². The van der Waals surface area contributed by atoms with E-state index in [1.165, 1.54) is 0 Å². The second kappa shape index (κ2) is 9.39.